The van der Waals surface area contributed by atoms with Crippen LogP contribution in [0.3, 0.4) is 0 Å². The van der Waals surface area contributed by atoms with E-state index in [4.69, 9.17) is 4.42 Å². The number of carbonyl (C=O) groups excluding carboxylic acids is 1. The molecule has 0 spiro atoms. The third-order valence-electron chi connectivity index (χ3n) is 4.02. The Balaban J connectivity index is 1.69. The third-order valence-corrected chi connectivity index (χ3v) is 4.02. The zero-order valence-electron chi connectivity index (χ0n) is 12.9. The summed E-state index contributed by atoms with van der Waals surface area (Å²) >= 11 is 0. The van der Waals surface area contributed by atoms with Crippen LogP contribution in [0.25, 0.3) is 21.7 Å². The smallest absolute Gasteiger partial charge is 0.270 e. The van der Waals surface area contributed by atoms with E-state index >= 15 is 0 Å². The Labute approximate surface area is 141 Å². The van der Waals surface area contributed by atoms with Crippen LogP contribution in [-0.2, 0) is 0 Å². The van der Waals surface area contributed by atoms with E-state index in [-0.39, 0.29) is 17.2 Å². The molecule has 0 aliphatic heterocycles. The number of nitro groups is 1. The van der Waals surface area contributed by atoms with Crippen LogP contribution < -0.4 is 5.32 Å². The zero-order valence-corrected chi connectivity index (χ0v) is 12.9. The lowest BCUT2D eigenvalue weighted by Crippen LogP contribution is -2.11. The number of hydrogen-bond donors (Lipinski definition) is 1. The number of furan rings is 1. The van der Waals surface area contributed by atoms with Gasteiger partial charge in [0.25, 0.3) is 11.6 Å². The second kappa shape index (κ2) is 5.76. The van der Waals surface area contributed by atoms with Crippen LogP contribution in [0, 0.1) is 10.1 Å². The monoisotopic (exact) mass is 332 g/mol. The molecule has 0 saturated heterocycles. The number of fused-ring (bicyclic) bond motifs is 2. The Bertz CT molecular complexity index is 1130. The predicted octanol–water partition coefficient (Wildman–Crippen LogP) is 4.75. The van der Waals surface area contributed by atoms with Crippen LogP contribution in [-0.4, -0.2) is 10.8 Å². The van der Waals surface area contributed by atoms with Crippen molar-refractivity contribution < 1.29 is 14.1 Å². The fraction of sp³-hybridized carbons (Fsp3) is 0. The minimum Gasteiger partial charge on any atom is -0.463 e. The van der Waals surface area contributed by atoms with Crippen LogP contribution in [0.2, 0.25) is 0 Å². The van der Waals surface area contributed by atoms with E-state index in [0.29, 0.717) is 16.7 Å². The quantitative estimate of drug-likeness (QED) is 0.433. The SMILES string of the molecule is O=C(Nc1ccc2ccccc2c1)c1coc2ccc([N+](=O)[O-])cc12. The second-order valence-electron chi connectivity index (χ2n) is 5.60. The summed E-state index contributed by atoms with van der Waals surface area (Å²) in [7, 11) is 0. The predicted molar refractivity (Wildman–Crippen MR) is 94.8 cm³/mol. The molecule has 0 aliphatic carbocycles. The Morgan fingerprint density at radius 3 is 2.60 bits per heavy atom. The highest BCUT2D eigenvalue weighted by molar-refractivity contribution is 6.13. The highest BCUT2D eigenvalue weighted by Crippen LogP contribution is 2.27. The number of carbonyl (C=O) groups is 1. The maximum atomic E-state index is 12.6. The summed E-state index contributed by atoms with van der Waals surface area (Å²) in [5, 5.41) is 16.2. The van der Waals surface area contributed by atoms with Crippen LogP contribution in [0.15, 0.2) is 71.3 Å². The first kappa shape index (κ1) is 14.9. The maximum Gasteiger partial charge on any atom is 0.270 e. The molecule has 0 fully saturated rings. The lowest BCUT2D eigenvalue weighted by molar-refractivity contribution is -0.384. The van der Waals surface area contributed by atoms with Crippen molar-refractivity contribution in [3.05, 3.63) is 82.6 Å². The molecule has 0 saturated carbocycles. The first-order chi connectivity index (χ1) is 12.1. The van der Waals surface area contributed by atoms with Crippen molar-refractivity contribution in [2.45, 2.75) is 0 Å². The van der Waals surface area contributed by atoms with Crippen molar-refractivity contribution in [1.29, 1.82) is 0 Å². The highest BCUT2D eigenvalue weighted by Gasteiger charge is 2.17. The van der Waals surface area contributed by atoms with E-state index in [1.165, 1.54) is 24.5 Å². The molecule has 6 heteroatoms. The molecule has 0 aliphatic rings. The topological polar surface area (TPSA) is 85.4 Å². The van der Waals surface area contributed by atoms with Gasteiger partial charge in [-0.2, -0.15) is 0 Å². The first-order valence-corrected chi connectivity index (χ1v) is 7.57. The molecule has 3 aromatic carbocycles. The largest absolute Gasteiger partial charge is 0.463 e. The normalized spacial score (nSPS) is 10.9. The van der Waals surface area contributed by atoms with E-state index in [9.17, 15) is 14.9 Å². The summed E-state index contributed by atoms with van der Waals surface area (Å²) < 4.78 is 5.33. The van der Waals surface area contributed by atoms with Crippen LogP contribution in [0.1, 0.15) is 10.4 Å². The number of rotatable bonds is 3. The van der Waals surface area contributed by atoms with Gasteiger partial charge in [0.1, 0.15) is 11.8 Å². The van der Waals surface area contributed by atoms with Crippen LogP contribution in [0.4, 0.5) is 11.4 Å². The number of nitrogens with zero attached hydrogens (tertiary/aromatic N) is 1. The van der Waals surface area contributed by atoms with E-state index in [1.807, 2.05) is 42.5 Å². The van der Waals surface area contributed by atoms with Crippen molar-refractivity contribution in [3.8, 4) is 0 Å². The average Bonchev–Trinajstić information content (AvgIpc) is 3.04. The minimum absolute atomic E-state index is 0.0892. The molecule has 1 aromatic heterocycles. The van der Waals surface area contributed by atoms with Crippen molar-refractivity contribution in [3.63, 3.8) is 0 Å². The van der Waals surface area contributed by atoms with Gasteiger partial charge in [-0.25, -0.2) is 0 Å². The lowest BCUT2D eigenvalue weighted by Gasteiger charge is -2.05. The van der Waals surface area contributed by atoms with Gasteiger partial charge in [-0.1, -0.05) is 30.3 Å². The molecule has 1 amide bonds. The Morgan fingerprint density at radius 1 is 1.00 bits per heavy atom. The highest BCUT2D eigenvalue weighted by atomic mass is 16.6. The van der Waals surface area contributed by atoms with E-state index in [2.05, 4.69) is 5.32 Å². The number of amides is 1. The maximum absolute atomic E-state index is 12.6. The van der Waals surface area contributed by atoms with Gasteiger partial charge >= 0.3 is 0 Å². The Hall–Kier alpha value is -3.67. The van der Waals surface area contributed by atoms with Gasteiger partial charge in [0, 0.05) is 23.2 Å². The molecule has 0 radical (unpaired) electrons. The Morgan fingerprint density at radius 2 is 1.80 bits per heavy atom. The number of anilines is 1. The molecule has 1 heterocycles. The molecule has 1 N–H and O–H groups in total. The molecule has 25 heavy (non-hydrogen) atoms. The molecular weight excluding hydrogens is 320 g/mol. The number of benzene rings is 3. The summed E-state index contributed by atoms with van der Waals surface area (Å²) in [4.78, 5) is 23.0. The molecule has 122 valence electrons. The number of hydrogen-bond acceptors (Lipinski definition) is 4. The van der Waals surface area contributed by atoms with Gasteiger partial charge in [-0.15, -0.1) is 0 Å². The Kier molecular flexibility index (Phi) is 3.43. The summed E-state index contributed by atoms with van der Waals surface area (Å²) in [6.07, 6.45) is 1.31. The van der Waals surface area contributed by atoms with E-state index in [1.54, 1.807) is 0 Å². The molecular formula is C19H12N2O4. The summed E-state index contributed by atoms with van der Waals surface area (Å²) in [5.41, 5.74) is 1.23. The van der Waals surface area contributed by atoms with Crippen LogP contribution >= 0.6 is 0 Å². The fourth-order valence-corrected chi connectivity index (χ4v) is 2.77. The molecule has 0 unspecified atom stereocenters. The van der Waals surface area contributed by atoms with Crippen LogP contribution in [0.5, 0.6) is 0 Å². The number of nitro benzene ring substituents is 1. The molecule has 4 rings (SSSR count). The van der Waals surface area contributed by atoms with E-state index < -0.39 is 4.92 Å². The molecule has 0 bridgehead atoms. The number of non-ortho nitro benzene ring substituents is 1. The standard InChI is InChI=1S/C19H12N2O4/c22-19(20-14-6-5-12-3-1-2-4-13(12)9-14)17-11-25-18-8-7-15(21(23)24)10-16(17)18/h1-11H,(H,20,22). The van der Waals surface area contributed by atoms with Gasteiger partial charge in [0.15, 0.2) is 0 Å². The van der Waals surface area contributed by atoms with E-state index in [0.717, 1.165) is 10.8 Å². The van der Waals surface area contributed by atoms with Crippen molar-refractivity contribution >= 4 is 39.0 Å². The van der Waals surface area contributed by atoms with Crippen molar-refractivity contribution in [2.75, 3.05) is 5.32 Å². The lowest BCUT2D eigenvalue weighted by atomic mass is 10.1. The average molecular weight is 332 g/mol. The zero-order chi connectivity index (χ0) is 17.4. The summed E-state index contributed by atoms with van der Waals surface area (Å²) in [5.74, 6) is -0.380. The van der Waals surface area contributed by atoms with Crippen molar-refractivity contribution in [2.24, 2.45) is 0 Å². The summed E-state index contributed by atoms with van der Waals surface area (Å²) in [6, 6.07) is 17.6. The second-order valence-corrected chi connectivity index (χ2v) is 5.60. The number of nitrogens with one attached hydrogen (secondary N) is 1. The molecule has 0 atom stereocenters. The minimum atomic E-state index is -0.503. The molecule has 4 aromatic rings. The van der Waals surface area contributed by atoms with Gasteiger partial charge in [-0.3, -0.25) is 14.9 Å². The van der Waals surface area contributed by atoms with Gasteiger partial charge in [-0.05, 0) is 29.0 Å². The van der Waals surface area contributed by atoms with Gasteiger partial charge in [0.05, 0.1) is 10.5 Å². The third kappa shape index (κ3) is 2.70. The van der Waals surface area contributed by atoms with Gasteiger partial charge < -0.3 is 9.73 Å². The first-order valence-electron chi connectivity index (χ1n) is 7.57. The fourth-order valence-electron chi connectivity index (χ4n) is 2.77. The molecule has 6 nitrogen and oxygen atoms in total. The summed E-state index contributed by atoms with van der Waals surface area (Å²) in [6.45, 7) is 0. The van der Waals surface area contributed by atoms with Gasteiger partial charge in [0.2, 0.25) is 0 Å². The van der Waals surface area contributed by atoms with Crippen molar-refractivity contribution in [1.82, 2.24) is 0 Å².